The van der Waals surface area contributed by atoms with Crippen LogP contribution in [0, 0.1) is 0 Å². The second-order valence-corrected chi connectivity index (χ2v) is 5.50. The summed E-state index contributed by atoms with van der Waals surface area (Å²) in [5, 5.41) is 3.49. The molecule has 1 aromatic carbocycles. The SMILES string of the molecule is COc1ccc(CNCCC2=CCCC2)cc1Br. The first-order valence-corrected chi connectivity index (χ1v) is 7.30. The molecule has 0 unspecified atom stereocenters. The molecule has 0 amide bonds. The van der Waals surface area contributed by atoms with Gasteiger partial charge in [-0.1, -0.05) is 17.7 Å². The number of allylic oxidation sites excluding steroid dienone is 1. The summed E-state index contributed by atoms with van der Waals surface area (Å²) in [7, 11) is 1.69. The van der Waals surface area contributed by atoms with Crippen LogP contribution in [0.3, 0.4) is 0 Å². The molecule has 0 bridgehead atoms. The lowest BCUT2D eigenvalue weighted by Gasteiger charge is -2.08. The van der Waals surface area contributed by atoms with E-state index >= 15 is 0 Å². The zero-order chi connectivity index (χ0) is 12.8. The van der Waals surface area contributed by atoms with Crippen LogP contribution in [0.4, 0.5) is 0 Å². The molecular weight excluding hydrogens is 290 g/mol. The summed E-state index contributed by atoms with van der Waals surface area (Å²) < 4.78 is 6.23. The van der Waals surface area contributed by atoms with Gasteiger partial charge in [0.05, 0.1) is 11.6 Å². The van der Waals surface area contributed by atoms with Gasteiger partial charge < -0.3 is 10.1 Å². The lowest BCUT2D eigenvalue weighted by molar-refractivity contribution is 0.412. The van der Waals surface area contributed by atoms with Gasteiger partial charge in [-0.2, -0.15) is 0 Å². The van der Waals surface area contributed by atoms with Gasteiger partial charge in [-0.15, -0.1) is 0 Å². The van der Waals surface area contributed by atoms with Gasteiger partial charge in [0.1, 0.15) is 5.75 Å². The second kappa shape index (κ2) is 6.95. The highest BCUT2D eigenvalue weighted by molar-refractivity contribution is 9.10. The average molecular weight is 310 g/mol. The van der Waals surface area contributed by atoms with Gasteiger partial charge in [-0.3, -0.25) is 0 Å². The van der Waals surface area contributed by atoms with Crippen molar-refractivity contribution in [2.75, 3.05) is 13.7 Å². The predicted octanol–water partition coefficient (Wildman–Crippen LogP) is 4.05. The minimum absolute atomic E-state index is 0.884. The van der Waals surface area contributed by atoms with Gasteiger partial charge in [0, 0.05) is 6.54 Å². The molecule has 0 spiro atoms. The van der Waals surface area contributed by atoms with Gasteiger partial charge in [0.25, 0.3) is 0 Å². The van der Waals surface area contributed by atoms with Gasteiger partial charge in [0.2, 0.25) is 0 Å². The zero-order valence-electron chi connectivity index (χ0n) is 10.8. The Hall–Kier alpha value is -0.800. The Morgan fingerprint density at radius 1 is 1.39 bits per heavy atom. The topological polar surface area (TPSA) is 21.3 Å². The van der Waals surface area contributed by atoms with E-state index in [0.717, 1.165) is 23.3 Å². The molecule has 2 nitrogen and oxygen atoms in total. The summed E-state index contributed by atoms with van der Waals surface area (Å²) in [4.78, 5) is 0. The van der Waals surface area contributed by atoms with Crippen LogP contribution in [0.25, 0.3) is 0 Å². The summed E-state index contributed by atoms with van der Waals surface area (Å²) in [5.74, 6) is 0.884. The van der Waals surface area contributed by atoms with E-state index in [1.54, 1.807) is 12.7 Å². The highest BCUT2D eigenvalue weighted by atomic mass is 79.9. The van der Waals surface area contributed by atoms with E-state index < -0.39 is 0 Å². The standard InChI is InChI=1S/C15H20BrNO/c1-18-15-7-6-13(10-14(15)16)11-17-9-8-12-4-2-3-5-12/h4,6-7,10,17H,2-3,5,8-9,11H2,1H3. The van der Waals surface area contributed by atoms with E-state index in [2.05, 4.69) is 39.5 Å². The lowest BCUT2D eigenvalue weighted by atomic mass is 10.1. The molecule has 98 valence electrons. The van der Waals surface area contributed by atoms with Crippen molar-refractivity contribution in [3.63, 3.8) is 0 Å². The van der Waals surface area contributed by atoms with E-state index in [1.807, 2.05) is 6.07 Å². The van der Waals surface area contributed by atoms with E-state index in [1.165, 1.54) is 31.2 Å². The van der Waals surface area contributed by atoms with Crippen LogP contribution >= 0.6 is 15.9 Å². The minimum Gasteiger partial charge on any atom is -0.496 e. The minimum atomic E-state index is 0.884. The van der Waals surface area contributed by atoms with Crippen molar-refractivity contribution in [2.45, 2.75) is 32.2 Å². The third kappa shape index (κ3) is 3.85. The number of ether oxygens (including phenoxy) is 1. The predicted molar refractivity (Wildman–Crippen MR) is 79.0 cm³/mol. The number of benzene rings is 1. The molecule has 1 aliphatic rings. The molecule has 0 saturated carbocycles. The van der Waals surface area contributed by atoms with Crippen LogP contribution < -0.4 is 10.1 Å². The molecule has 1 aromatic rings. The Balaban J connectivity index is 1.74. The van der Waals surface area contributed by atoms with Crippen LogP contribution in [0.5, 0.6) is 5.75 Å². The van der Waals surface area contributed by atoms with Crippen molar-refractivity contribution in [1.29, 1.82) is 0 Å². The summed E-state index contributed by atoms with van der Waals surface area (Å²) in [6.45, 7) is 1.98. The monoisotopic (exact) mass is 309 g/mol. The van der Waals surface area contributed by atoms with Crippen LogP contribution in [0.1, 0.15) is 31.2 Å². The Labute approximate surface area is 118 Å². The Morgan fingerprint density at radius 3 is 2.94 bits per heavy atom. The largest absolute Gasteiger partial charge is 0.496 e. The summed E-state index contributed by atoms with van der Waals surface area (Å²) in [5.41, 5.74) is 2.90. The number of methoxy groups -OCH3 is 1. The Bertz CT molecular complexity index is 429. The number of hydrogen-bond donors (Lipinski definition) is 1. The van der Waals surface area contributed by atoms with E-state index in [4.69, 9.17) is 4.74 Å². The number of rotatable bonds is 6. The van der Waals surface area contributed by atoms with Gasteiger partial charge >= 0.3 is 0 Å². The number of hydrogen-bond acceptors (Lipinski definition) is 2. The third-order valence-electron chi connectivity index (χ3n) is 3.30. The van der Waals surface area contributed by atoms with Gasteiger partial charge in [-0.25, -0.2) is 0 Å². The fraction of sp³-hybridized carbons (Fsp3) is 0.467. The summed E-state index contributed by atoms with van der Waals surface area (Å²) in [6, 6.07) is 6.21. The van der Waals surface area contributed by atoms with Crippen molar-refractivity contribution >= 4 is 15.9 Å². The highest BCUT2D eigenvalue weighted by Gasteiger charge is 2.04. The maximum Gasteiger partial charge on any atom is 0.133 e. The van der Waals surface area contributed by atoms with E-state index in [9.17, 15) is 0 Å². The van der Waals surface area contributed by atoms with Crippen LogP contribution in [-0.4, -0.2) is 13.7 Å². The highest BCUT2D eigenvalue weighted by Crippen LogP contribution is 2.25. The smallest absolute Gasteiger partial charge is 0.133 e. The molecule has 0 aromatic heterocycles. The third-order valence-corrected chi connectivity index (χ3v) is 3.92. The molecule has 0 radical (unpaired) electrons. The van der Waals surface area contributed by atoms with Crippen molar-refractivity contribution in [3.8, 4) is 5.75 Å². The summed E-state index contributed by atoms with van der Waals surface area (Å²) in [6.07, 6.45) is 7.51. The first-order chi connectivity index (χ1) is 8.79. The first kappa shape index (κ1) is 13.6. The molecular formula is C15H20BrNO. The Kier molecular flexibility index (Phi) is 5.26. The molecule has 3 heteroatoms. The van der Waals surface area contributed by atoms with E-state index in [-0.39, 0.29) is 0 Å². The maximum atomic E-state index is 5.22. The normalized spacial score (nSPS) is 14.7. The van der Waals surface area contributed by atoms with Crippen LogP contribution in [0.2, 0.25) is 0 Å². The molecule has 18 heavy (non-hydrogen) atoms. The van der Waals surface area contributed by atoms with Crippen LogP contribution in [-0.2, 0) is 6.54 Å². The lowest BCUT2D eigenvalue weighted by Crippen LogP contribution is -2.15. The molecule has 0 saturated heterocycles. The molecule has 1 N–H and O–H groups in total. The average Bonchev–Trinajstić information content (AvgIpc) is 2.88. The fourth-order valence-electron chi connectivity index (χ4n) is 2.27. The van der Waals surface area contributed by atoms with Gasteiger partial charge in [0.15, 0.2) is 0 Å². The molecule has 0 atom stereocenters. The molecule has 2 rings (SSSR count). The molecule has 0 fully saturated rings. The van der Waals surface area contributed by atoms with Crippen molar-refractivity contribution in [1.82, 2.24) is 5.32 Å². The molecule has 0 aliphatic heterocycles. The Morgan fingerprint density at radius 2 is 2.28 bits per heavy atom. The quantitative estimate of drug-likeness (QED) is 0.632. The van der Waals surface area contributed by atoms with E-state index in [0.29, 0.717) is 0 Å². The molecule has 0 heterocycles. The van der Waals surface area contributed by atoms with Crippen molar-refractivity contribution < 1.29 is 4.74 Å². The second-order valence-electron chi connectivity index (χ2n) is 4.65. The molecule has 1 aliphatic carbocycles. The maximum absolute atomic E-state index is 5.22. The van der Waals surface area contributed by atoms with Gasteiger partial charge in [-0.05, 0) is 65.9 Å². The zero-order valence-corrected chi connectivity index (χ0v) is 12.4. The van der Waals surface area contributed by atoms with Crippen LogP contribution in [0.15, 0.2) is 34.3 Å². The van der Waals surface area contributed by atoms with Crippen molar-refractivity contribution in [3.05, 3.63) is 39.9 Å². The number of nitrogens with one attached hydrogen (secondary N) is 1. The number of halogens is 1. The summed E-state index contributed by atoms with van der Waals surface area (Å²) >= 11 is 3.51. The first-order valence-electron chi connectivity index (χ1n) is 6.50. The van der Waals surface area contributed by atoms with Crippen molar-refractivity contribution in [2.24, 2.45) is 0 Å². The fourth-order valence-corrected chi connectivity index (χ4v) is 2.85.